The normalized spacial score (nSPS) is 21.9. The van der Waals surface area contributed by atoms with Crippen molar-refractivity contribution >= 4 is 5.91 Å². The Morgan fingerprint density at radius 2 is 2.14 bits per heavy atom. The highest BCUT2D eigenvalue weighted by Crippen LogP contribution is 2.30. The predicted molar refractivity (Wildman–Crippen MR) is 54.3 cm³/mol. The summed E-state index contributed by atoms with van der Waals surface area (Å²) in [6, 6.07) is 0. The Kier molecular flexibility index (Phi) is 2.79. The summed E-state index contributed by atoms with van der Waals surface area (Å²) in [5.41, 5.74) is 5.34. The van der Waals surface area contributed by atoms with Crippen LogP contribution in [0.1, 0.15) is 27.2 Å². The highest BCUT2D eigenvalue weighted by atomic mass is 19.1. The molecule has 2 nitrogen and oxygen atoms in total. The van der Waals surface area contributed by atoms with Crippen molar-refractivity contribution in [2.75, 3.05) is 0 Å². The molecule has 0 bridgehead atoms. The van der Waals surface area contributed by atoms with E-state index < -0.39 is 11.6 Å². The molecule has 0 aromatic rings. The molecule has 0 fully saturated rings. The van der Waals surface area contributed by atoms with E-state index in [1.807, 2.05) is 13.0 Å². The topological polar surface area (TPSA) is 43.1 Å². The van der Waals surface area contributed by atoms with Crippen LogP contribution in [0.15, 0.2) is 23.3 Å². The van der Waals surface area contributed by atoms with Crippen LogP contribution in [0, 0.1) is 5.92 Å². The molecule has 1 aliphatic carbocycles. The zero-order valence-corrected chi connectivity index (χ0v) is 8.80. The first-order valence-corrected chi connectivity index (χ1v) is 4.69. The lowest BCUT2D eigenvalue weighted by atomic mass is 9.96. The maximum absolute atomic E-state index is 13.3. The van der Waals surface area contributed by atoms with Crippen molar-refractivity contribution in [1.82, 2.24) is 0 Å². The molecular formula is C11H16FNO. The molecule has 1 rings (SSSR count). The highest BCUT2D eigenvalue weighted by molar-refractivity contribution is 5.97. The van der Waals surface area contributed by atoms with Crippen LogP contribution in [-0.2, 0) is 4.79 Å². The number of allylic oxidation sites excluding steroid dienone is 2. The number of carbonyl (C=O) groups excluding carboxylic acids is 1. The fraction of sp³-hybridized carbons (Fsp3) is 0.545. The van der Waals surface area contributed by atoms with E-state index in [-0.39, 0.29) is 5.92 Å². The lowest BCUT2D eigenvalue weighted by Crippen LogP contribution is -2.16. The first-order chi connectivity index (χ1) is 6.29. The van der Waals surface area contributed by atoms with E-state index in [9.17, 15) is 9.18 Å². The minimum Gasteiger partial charge on any atom is -0.366 e. The molecule has 0 spiro atoms. The Balaban J connectivity index is 2.76. The minimum absolute atomic E-state index is 0.00231. The summed E-state index contributed by atoms with van der Waals surface area (Å²) in [5, 5.41) is 0. The summed E-state index contributed by atoms with van der Waals surface area (Å²) in [7, 11) is 0. The molecule has 2 N–H and O–H groups in total. The van der Waals surface area contributed by atoms with Crippen LogP contribution in [0.3, 0.4) is 0 Å². The van der Waals surface area contributed by atoms with Gasteiger partial charge in [0, 0.05) is 5.57 Å². The molecule has 1 atom stereocenters. The Bertz CT molecular complexity index is 310. The average Bonchev–Trinajstić information content (AvgIpc) is 2.26. The zero-order chi connectivity index (χ0) is 10.9. The molecule has 0 saturated heterocycles. The second-order valence-electron chi connectivity index (χ2n) is 4.38. The summed E-state index contributed by atoms with van der Waals surface area (Å²) in [5.74, 6) is -0.435. The molecule has 0 aliphatic heterocycles. The van der Waals surface area contributed by atoms with Crippen molar-refractivity contribution in [3.63, 3.8) is 0 Å². The van der Waals surface area contributed by atoms with Gasteiger partial charge in [0.25, 0.3) is 0 Å². The SMILES string of the molecule is CC1=CC(CC(C)(C)F)C=C1C(N)=O. The molecule has 14 heavy (non-hydrogen) atoms. The number of primary amides is 1. The predicted octanol–water partition coefficient (Wildman–Crippen LogP) is 2.11. The number of hydrogen-bond acceptors (Lipinski definition) is 1. The summed E-state index contributed by atoms with van der Waals surface area (Å²) in [4.78, 5) is 10.9. The summed E-state index contributed by atoms with van der Waals surface area (Å²) < 4.78 is 13.3. The molecule has 0 aromatic carbocycles. The third-order valence-corrected chi connectivity index (χ3v) is 2.26. The van der Waals surface area contributed by atoms with E-state index in [0.29, 0.717) is 12.0 Å². The Morgan fingerprint density at radius 1 is 1.57 bits per heavy atom. The second-order valence-corrected chi connectivity index (χ2v) is 4.38. The Labute approximate surface area is 83.7 Å². The molecule has 0 aromatic heterocycles. The third-order valence-electron chi connectivity index (χ3n) is 2.26. The molecular weight excluding hydrogens is 181 g/mol. The lowest BCUT2D eigenvalue weighted by Gasteiger charge is -2.16. The van der Waals surface area contributed by atoms with E-state index in [2.05, 4.69) is 0 Å². The van der Waals surface area contributed by atoms with Crippen LogP contribution in [0.25, 0.3) is 0 Å². The highest BCUT2D eigenvalue weighted by Gasteiger charge is 2.25. The minimum atomic E-state index is -1.22. The van der Waals surface area contributed by atoms with E-state index in [1.54, 1.807) is 6.08 Å². The number of carbonyl (C=O) groups is 1. The Morgan fingerprint density at radius 3 is 2.50 bits per heavy atom. The van der Waals surface area contributed by atoms with E-state index in [1.165, 1.54) is 13.8 Å². The number of alkyl halides is 1. The van der Waals surface area contributed by atoms with Gasteiger partial charge in [-0.1, -0.05) is 12.2 Å². The van der Waals surface area contributed by atoms with Gasteiger partial charge in [-0.15, -0.1) is 0 Å². The van der Waals surface area contributed by atoms with E-state index in [0.717, 1.165) is 5.57 Å². The van der Waals surface area contributed by atoms with Crippen molar-refractivity contribution in [3.05, 3.63) is 23.3 Å². The van der Waals surface area contributed by atoms with Gasteiger partial charge in [0.2, 0.25) is 5.91 Å². The molecule has 3 heteroatoms. The summed E-state index contributed by atoms with van der Waals surface area (Å²) in [6.45, 7) is 4.89. The molecule has 1 unspecified atom stereocenters. The second kappa shape index (κ2) is 3.56. The molecule has 0 saturated carbocycles. The fourth-order valence-corrected chi connectivity index (χ4v) is 1.76. The molecule has 0 heterocycles. The number of halogens is 1. The van der Waals surface area contributed by atoms with Gasteiger partial charge in [0.05, 0.1) is 0 Å². The molecule has 1 aliphatic rings. The van der Waals surface area contributed by atoms with Gasteiger partial charge in [-0.05, 0) is 38.7 Å². The smallest absolute Gasteiger partial charge is 0.248 e. The van der Waals surface area contributed by atoms with Gasteiger partial charge < -0.3 is 5.73 Å². The molecule has 1 amide bonds. The monoisotopic (exact) mass is 197 g/mol. The van der Waals surface area contributed by atoms with Crippen molar-refractivity contribution in [2.24, 2.45) is 11.7 Å². The lowest BCUT2D eigenvalue weighted by molar-refractivity contribution is -0.114. The van der Waals surface area contributed by atoms with Gasteiger partial charge >= 0.3 is 0 Å². The van der Waals surface area contributed by atoms with Crippen LogP contribution in [0.5, 0.6) is 0 Å². The standard InChI is InChI=1S/C11H16FNO/c1-7-4-8(6-11(2,3)12)5-9(7)10(13)14/h4-5,8H,6H2,1-3H3,(H2,13,14). The van der Waals surface area contributed by atoms with Gasteiger partial charge in [-0.25, -0.2) is 4.39 Å². The van der Waals surface area contributed by atoms with Gasteiger partial charge in [-0.2, -0.15) is 0 Å². The number of amides is 1. The van der Waals surface area contributed by atoms with Crippen molar-refractivity contribution in [2.45, 2.75) is 32.9 Å². The zero-order valence-electron chi connectivity index (χ0n) is 8.80. The maximum Gasteiger partial charge on any atom is 0.248 e. The van der Waals surface area contributed by atoms with Crippen molar-refractivity contribution < 1.29 is 9.18 Å². The van der Waals surface area contributed by atoms with Crippen LogP contribution >= 0.6 is 0 Å². The number of hydrogen-bond donors (Lipinski definition) is 1. The largest absolute Gasteiger partial charge is 0.366 e. The summed E-state index contributed by atoms with van der Waals surface area (Å²) >= 11 is 0. The van der Waals surface area contributed by atoms with Crippen LogP contribution < -0.4 is 5.73 Å². The van der Waals surface area contributed by atoms with Crippen LogP contribution in [-0.4, -0.2) is 11.6 Å². The van der Waals surface area contributed by atoms with Gasteiger partial charge in [0.1, 0.15) is 5.67 Å². The molecule has 78 valence electrons. The first-order valence-electron chi connectivity index (χ1n) is 4.69. The third kappa shape index (κ3) is 2.69. The Hall–Kier alpha value is -1.12. The first kappa shape index (κ1) is 11.0. The van der Waals surface area contributed by atoms with Crippen LogP contribution in [0.4, 0.5) is 4.39 Å². The number of rotatable bonds is 3. The van der Waals surface area contributed by atoms with Crippen LogP contribution in [0.2, 0.25) is 0 Å². The fourth-order valence-electron chi connectivity index (χ4n) is 1.76. The van der Waals surface area contributed by atoms with Crippen molar-refractivity contribution in [3.8, 4) is 0 Å². The average molecular weight is 197 g/mol. The number of nitrogens with two attached hydrogens (primary N) is 1. The quantitative estimate of drug-likeness (QED) is 0.739. The maximum atomic E-state index is 13.3. The van der Waals surface area contributed by atoms with Gasteiger partial charge in [0.15, 0.2) is 0 Å². The summed E-state index contributed by atoms with van der Waals surface area (Å²) in [6.07, 6.45) is 4.03. The molecule has 0 radical (unpaired) electrons. The van der Waals surface area contributed by atoms with Crippen molar-refractivity contribution in [1.29, 1.82) is 0 Å². The van der Waals surface area contributed by atoms with Gasteiger partial charge in [-0.3, -0.25) is 4.79 Å². The van der Waals surface area contributed by atoms with E-state index >= 15 is 0 Å². The van der Waals surface area contributed by atoms with E-state index in [4.69, 9.17) is 5.73 Å².